The third-order valence-electron chi connectivity index (χ3n) is 7.21. The van der Waals surface area contributed by atoms with Gasteiger partial charge in [0.15, 0.2) is 0 Å². The minimum atomic E-state index is -0.927. The van der Waals surface area contributed by atoms with E-state index in [1.54, 1.807) is 31.1 Å². The zero-order valence-corrected chi connectivity index (χ0v) is 23.6. The van der Waals surface area contributed by atoms with Crippen molar-refractivity contribution in [2.75, 3.05) is 7.11 Å². The summed E-state index contributed by atoms with van der Waals surface area (Å²) >= 11 is 0. The van der Waals surface area contributed by atoms with E-state index < -0.39 is 5.97 Å². The van der Waals surface area contributed by atoms with Gasteiger partial charge in [-0.25, -0.2) is 14.6 Å². The van der Waals surface area contributed by atoms with E-state index in [2.05, 4.69) is 20.3 Å². The molecule has 2 fully saturated rings. The van der Waals surface area contributed by atoms with Crippen LogP contribution in [0.25, 0.3) is 11.4 Å². The summed E-state index contributed by atoms with van der Waals surface area (Å²) in [5.41, 5.74) is 3.44. The molecule has 4 atom stereocenters. The first-order valence-electron chi connectivity index (χ1n) is 12.1. The zero-order valence-electron chi connectivity index (χ0n) is 21.6. The number of hydrogen-bond acceptors (Lipinski definition) is 10. The summed E-state index contributed by atoms with van der Waals surface area (Å²) in [5, 5.41) is 19.9. The first-order chi connectivity index (χ1) is 17.4. The number of ether oxygens (including phenoxy) is 3. The van der Waals surface area contributed by atoms with Gasteiger partial charge in [0.25, 0.3) is 0 Å². The SMILES string of the molecule is COCc1ccnc(OCc2c(-c3ccc(O[C@H]4C[C@@H]5CC[C@H](C(=O)[O-])[C@@H]5C4)c(C)n3)nnn2C)n1.[Na+]. The Kier molecular flexibility index (Phi) is 8.79. The van der Waals surface area contributed by atoms with Gasteiger partial charge in [-0.05, 0) is 62.6 Å². The summed E-state index contributed by atoms with van der Waals surface area (Å²) in [6.45, 7) is 2.42. The third-order valence-corrected chi connectivity index (χ3v) is 7.21. The molecule has 3 aromatic rings. The van der Waals surface area contributed by atoms with Crippen molar-refractivity contribution in [2.24, 2.45) is 24.8 Å². The average Bonchev–Trinajstić information content (AvgIpc) is 3.53. The Morgan fingerprint density at radius 3 is 2.76 bits per heavy atom. The van der Waals surface area contributed by atoms with Gasteiger partial charge in [-0.15, -0.1) is 5.10 Å². The fourth-order valence-electron chi connectivity index (χ4n) is 5.45. The van der Waals surface area contributed by atoms with Crippen molar-refractivity contribution in [3.63, 3.8) is 0 Å². The number of aliphatic carboxylic acids is 1. The molecular weight excluding hydrogens is 487 g/mol. The number of carbonyl (C=O) groups is 1. The summed E-state index contributed by atoms with van der Waals surface area (Å²) in [4.78, 5) is 24.6. The molecule has 2 aliphatic rings. The van der Waals surface area contributed by atoms with Crippen LogP contribution in [-0.2, 0) is 29.8 Å². The molecule has 5 rings (SSSR count). The van der Waals surface area contributed by atoms with Gasteiger partial charge in [-0.1, -0.05) is 5.21 Å². The summed E-state index contributed by atoms with van der Waals surface area (Å²) in [6.07, 6.45) is 4.87. The molecule has 3 heterocycles. The molecule has 0 unspecified atom stereocenters. The van der Waals surface area contributed by atoms with Crippen LogP contribution >= 0.6 is 0 Å². The maximum atomic E-state index is 11.4. The Labute approximate surface area is 237 Å². The van der Waals surface area contributed by atoms with Gasteiger partial charge < -0.3 is 24.1 Å². The molecule has 0 N–H and O–H groups in total. The fraction of sp³-hybridized carbons (Fsp3) is 0.520. The zero-order chi connectivity index (χ0) is 25.2. The molecular formula is C25H29N6NaO5. The smallest absolute Gasteiger partial charge is 0.550 e. The standard InChI is InChI=1S/C25H30N6O5.Na/c1-14-22(36-17-10-15-4-5-18(24(32)33)19(15)11-17)7-6-20(27-14)23-21(31(2)30-29-23)13-35-25-26-9-8-16(28-25)12-34-3;/h6-9,15,17-19H,4-5,10-13H2,1-3H3,(H,32,33);/q;+1/p-1/t15-,17-,18-,19+;/m0./s1. The first kappa shape index (κ1) is 27.4. The molecule has 190 valence electrons. The van der Waals surface area contributed by atoms with E-state index in [1.807, 2.05) is 19.1 Å². The number of aromatic nitrogens is 6. The van der Waals surface area contributed by atoms with E-state index >= 15 is 0 Å². The van der Waals surface area contributed by atoms with Crippen molar-refractivity contribution in [3.05, 3.63) is 41.5 Å². The minimum absolute atomic E-state index is 0. The van der Waals surface area contributed by atoms with Gasteiger partial charge in [0, 0.05) is 32.2 Å². The maximum absolute atomic E-state index is 11.4. The van der Waals surface area contributed by atoms with E-state index in [1.165, 1.54) is 0 Å². The van der Waals surface area contributed by atoms with Gasteiger partial charge in [-0.2, -0.15) is 4.98 Å². The number of pyridine rings is 1. The number of nitrogens with zero attached hydrogens (tertiary/aromatic N) is 6. The minimum Gasteiger partial charge on any atom is -0.550 e. The van der Waals surface area contributed by atoms with Gasteiger partial charge >= 0.3 is 35.6 Å². The van der Waals surface area contributed by atoms with Gasteiger partial charge in [0.2, 0.25) is 0 Å². The maximum Gasteiger partial charge on any atom is 1.00 e. The molecule has 2 saturated carbocycles. The number of fused-ring (bicyclic) bond motifs is 1. The molecule has 0 aliphatic heterocycles. The van der Waals surface area contributed by atoms with Gasteiger partial charge in [-0.3, -0.25) is 0 Å². The number of carboxylic acid groups (broad SMARTS) is 1. The van der Waals surface area contributed by atoms with Crippen LogP contribution in [-0.4, -0.2) is 49.1 Å². The summed E-state index contributed by atoms with van der Waals surface area (Å²) in [5.74, 6) is -0.0434. The Bertz CT molecular complexity index is 1250. The van der Waals surface area contributed by atoms with Crippen LogP contribution < -0.4 is 44.1 Å². The van der Waals surface area contributed by atoms with Crippen molar-refractivity contribution in [1.29, 1.82) is 0 Å². The van der Waals surface area contributed by atoms with E-state index in [4.69, 9.17) is 19.2 Å². The molecule has 0 spiro atoms. The third kappa shape index (κ3) is 5.95. The molecule has 0 radical (unpaired) electrons. The second kappa shape index (κ2) is 11.8. The number of carbonyl (C=O) groups excluding carboxylic acids is 1. The van der Waals surface area contributed by atoms with E-state index in [0.717, 1.165) is 36.3 Å². The molecule has 0 saturated heterocycles. The Morgan fingerprint density at radius 2 is 2.00 bits per heavy atom. The van der Waals surface area contributed by atoms with Gasteiger partial charge in [0.05, 0.1) is 29.8 Å². The van der Waals surface area contributed by atoms with Crippen molar-refractivity contribution in [1.82, 2.24) is 29.9 Å². The van der Waals surface area contributed by atoms with Crippen molar-refractivity contribution < 1.29 is 53.7 Å². The van der Waals surface area contributed by atoms with E-state index in [9.17, 15) is 9.90 Å². The Morgan fingerprint density at radius 1 is 1.16 bits per heavy atom. The molecule has 37 heavy (non-hydrogen) atoms. The fourth-order valence-corrected chi connectivity index (χ4v) is 5.45. The molecule has 3 aromatic heterocycles. The number of aryl methyl sites for hydroxylation is 2. The predicted molar refractivity (Wildman–Crippen MR) is 124 cm³/mol. The summed E-state index contributed by atoms with van der Waals surface area (Å²) < 4.78 is 18.8. The van der Waals surface area contributed by atoms with Crippen molar-refractivity contribution in [3.8, 4) is 23.1 Å². The van der Waals surface area contributed by atoms with Crippen LogP contribution in [0.4, 0.5) is 0 Å². The molecule has 12 heteroatoms. The predicted octanol–water partition coefficient (Wildman–Crippen LogP) is -1.36. The van der Waals surface area contributed by atoms with Crippen molar-refractivity contribution in [2.45, 2.75) is 51.9 Å². The number of carboxylic acids is 1. The number of hydrogen-bond donors (Lipinski definition) is 0. The van der Waals surface area contributed by atoms with Crippen LogP contribution in [0, 0.1) is 24.7 Å². The normalized spacial score (nSPS) is 22.4. The second-order valence-electron chi connectivity index (χ2n) is 9.48. The summed E-state index contributed by atoms with van der Waals surface area (Å²) in [6, 6.07) is 5.75. The quantitative estimate of drug-likeness (QED) is 0.314. The molecule has 11 nitrogen and oxygen atoms in total. The van der Waals surface area contributed by atoms with Crippen LogP contribution in [0.1, 0.15) is 42.8 Å². The van der Waals surface area contributed by atoms with Gasteiger partial charge in [0.1, 0.15) is 23.7 Å². The van der Waals surface area contributed by atoms with Crippen LogP contribution in [0.3, 0.4) is 0 Å². The molecule has 2 aliphatic carbocycles. The van der Waals surface area contributed by atoms with Crippen LogP contribution in [0.2, 0.25) is 0 Å². The number of methoxy groups -OCH3 is 1. The van der Waals surface area contributed by atoms with E-state index in [-0.39, 0.29) is 60.1 Å². The Hall–Kier alpha value is -2.60. The van der Waals surface area contributed by atoms with Crippen LogP contribution in [0.5, 0.6) is 11.8 Å². The molecule has 0 bridgehead atoms. The first-order valence-corrected chi connectivity index (χ1v) is 12.1. The van der Waals surface area contributed by atoms with Crippen LogP contribution in [0.15, 0.2) is 24.4 Å². The molecule has 0 aromatic carbocycles. The molecule has 0 amide bonds. The summed E-state index contributed by atoms with van der Waals surface area (Å²) in [7, 11) is 3.39. The second-order valence-corrected chi connectivity index (χ2v) is 9.48. The van der Waals surface area contributed by atoms with E-state index in [0.29, 0.717) is 36.1 Å². The van der Waals surface area contributed by atoms with Crippen molar-refractivity contribution >= 4 is 5.97 Å². The Balaban J connectivity index is 0.00000320. The topological polar surface area (TPSA) is 137 Å². The largest absolute Gasteiger partial charge is 1.00 e. The number of rotatable bonds is 9. The monoisotopic (exact) mass is 516 g/mol. The average molecular weight is 517 g/mol.